The van der Waals surface area contributed by atoms with E-state index >= 15 is 0 Å². The Labute approximate surface area is 241 Å². The average Bonchev–Trinajstić information content (AvgIpc) is 3.61. The van der Waals surface area contributed by atoms with E-state index in [0.717, 1.165) is 33.3 Å². The molecule has 1 aromatic heterocycles. The first-order chi connectivity index (χ1) is 19.9. The summed E-state index contributed by atoms with van der Waals surface area (Å²) in [5.74, 6) is 0.361. The number of aromatic nitrogens is 1. The number of aliphatic imine (C=N–C) groups is 1. The third-order valence-corrected chi connectivity index (χ3v) is 8.40. The lowest BCUT2D eigenvalue weighted by molar-refractivity contribution is -0.123. The number of rotatable bonds is 9. The minimum absolute atomic E-state index is 0.0408. The van der Waals surface area contributed by atoms with Crippen molar-refractivity contribution >= 4 is 57.2 Å². The number of nitrogens with two attached hydrogens (primary N) is 1. The largest absolute Gasteiger partial charge is 0.489 e. The molecule has 0 spiro atoms. The molecule has 0 saturated heterocycles. The number of para-hydroxylation sites is 1. The van der Waals surface area contributed by atoms with Crippen LogP contribution >= 0.6 is 11.8 Å². The van der Waals surface area contributed by atoms with Gasteiger partial charge >= 0.3 is 0 Å². The molecular formula is C32H29N5O3S. The van der Waals surface area contributed by atoms with Gasteiger partial charge in [0.15, 0.2) is 5.17 Å². The van der Waals surface area contributed by atoms with Crippen LogP contribution in [0.15, 0.2) is 89.6 Å². The number of hydrogen-bond acceptors (Lipinski definition) is 6. The SMILES string of the molecule is Cc1cn(C2=C(C3(CCCSC(=N)N)C=Nc4ccc(OCc5ccccc5)cc43)C(=O)NC2=O)c2ccccc12. The summed E-state index contributed by atoms with van der Waals surface area (Å²) >= 11 is 1.25. The van der Waals surface area contributed by atoms with Crippen LogP contribution in [0.1, 0.15) is 29.5 Å². The van der Waals surface area contributed by atoms with E-state index in [1.807, 2.05) is 90.5 Å². The van der Waals surface area contributed by atoms with Gasteiger partial charge in [0.25, 0.3) is 11.8 Å². The standard InChI is InChI=1S/C32H29N5O3S/c1-20-17-37(26-11-6-5-10-23(20)26)28-27(29(38)36-30(28)39)32(14-7-15-41-31(33)34)19-35-25-13-12-22(16-24(25)32)40-18-21-8-3-2-4-9-21/h2-6,8-13,16-17,19H,7,14-15,18H2,1H3,(H3,33,34)(H,36,38,39). The Bertz CT molecular complexity index is 1760. The smallest absolute Gasteiger partial charge is 0.275 e. The van der Waals surface area contributed by atoms with Crippen LogP contribution in [-0.2, 0) is 21.6 Å². The molecule has 4 aromatic rings. The molecule has 9 heteroatoms. The van der Waals surface area contributed by atoms with Crippen molar-refractivity contribution in [2.45, 2.75) is 31.8 Å². The number of amidine groups is 1. The van der Waals surface area contributed by atoms with E-state index in [-0.39, 0.29) is 5.17 Å². The van der Waals surface area contributed by atoms with E-state index in [1.165, 1.54) is 11.8 Å². The number of ether oxygens (including phenoxy) is 1. The highest BCUT2D eigenvalue weighted by molar-refractivity contribution is 8.13. The molecule has 8 nitrogen and oxygen atoms in total. The second-order valence-corrected chi connectivity index (χ2v) is 11.3. The fourth-order valence-corrected chi connectivity index (χ4v) is 6.25. The first-order valence-corrected chi connectivity index (χ1v) is 14.4. The van der Waals surface area contributed by atoms with Gasteiger partial charge in [-0.25, -0.2) is 0 Å². The van der Waals surface area contributed by atoms with Crippen LogP contribution < -0.4 is 15.8 Å². The Kier molecular flexibility index (Phi) is 6.96. The van der Waals surface area contributed by atoms with Gasteiger partial charge in [0, 0.05) is 23.6 Å². The number of hydrogen-bond donors (Lipinski definition) is 3. The molecule has 1 unspecified atom stereocenters. The molecule has 3 aromatic carbocycles. The van der Waals surface area contributed by atoms with Crippen molar-refractivity contribution in [1.29, 1.82) is 5.41 Å². The quantitative estimate of drug-likeness (QED) is 0.108. The van der Waals surface area contributed by atoms with E-state index in [1.54, 1.807) is 6.21 Å². The monoisotopic (exact) mass is 563 g/mol. The molecule has 206 valence electrons. The molecule has 0 fully saturated rings. The molecule has 0 aliphatic carbocycles. The number of carbonyl (C=O) groups is 2. The summed E-state index contributed by atoms with van der Waals surface area (Å²) in [6.07, 6.45) is 4.82. The average molecular weight is 564 g/mol. The highest BCUT2D eigenvalue weighted by Crippen LogP contribution is 2.49. The number of carbonyl (C=O) groups excluding carboxylic acids is 2. The molecule has 4 N–H and O–H groups in total. The summed E-state index contributed by atoms with van der Waals surface area (Å²) in [5.41, 5.74) is 9.69. The minimum atomic E-state index is -0.982. The van der Waals surface area contributed by atoms with Crippen molar-refractivity contribution < 1.29 is 14.3 Å². The molecule has 0 radical (unpaired) electrons. The molecular weight excluding hydrogens is 534 g/mol. The summed E-state index contributed by atoms with van der Waals surface area (Å²) in [5, 5.41) is 11.2. The maximum atomic E-state index is 13.7. The number of thioether (sulfide) groups is 1. The van der Waals surface area contributed by atoms with Crippen LogP contribution in [0.5, 0.6) is 5.75 Å². The number of fused-ring (bicyclic) bond motifs is 2. The summed E-state index contributed by atoms with van der Waals surface area (Å²) < 4.78 is 7.99. The zero-order chi connectivity index (χ0) is 28.6. The van der Waals surface area contributed by atoms with Crippen molar-refractivity contribution in [2.24, 2.45) is 10.7 Å². The lowest BCUT2D eigenvalue weighted by Gasteiger charge is -2.29. The van der Waals surface area contributed by atoms with E-state index in [2.05, 4.69) is 5.32 Å². The van der Waals surface area contributed by atoms with Crippen LogP contribution in [0.25, 0.3) is 16.6 Å². The lowest BCUT2D eigenvalue weighted by atomic mass is 9.72. The molecule has 0 saturated carbocycles. The molecule has 41 heavy (non-hydrogen) atoms. The molecule has 0 bridgehead atoms. The van der Waals surface area contributed by atoms with E-state index < -0.39 is 17.2 Å². The van der Waals surface area contributed by atoms with Gasteiger partial charge in [0.2, 0.25) is 0 Å². The van der Waals surface area contributed by atoms with Gasteiger partial charge in [-0.15, -0.1) is 0 Å². The number of amides is 2. The number of aryl methyl sites for hydroxylation is 1. The Morgan fingerprint density at radius 1 is 1.07 bits per heavy atom. The van der Waals surface area contributed by atoms with Crippen molar-refractivity contribution in [3.63, 3.8) is 0 Å². The van der Waals surface area contributed by atoms with Crippen LogP contribution in [0.2, 0.25) is 0 Å². The van der Waals surface area contributed by atoms with Gasteiger partial charge in [0.05, 0.1) is 22.2 Å². The highest BCUT2D eigenvalue weighted by Gasteiger charge is 2.49. The number of benzene rings is 3. The van der Waals surface area contributed by atoms with Gasteiger partial charge in [-0.3, -0.25) is 25.3 Å². The Morgan fingerprint density at radius 2 is 1.85 bits per heavy atom. The van der Waals surface area contributed by atoms with Crippen molar-refractivity contribution in [3.05, 3.63) is 101 Å². The molecule has 2 amide bonds. The number of imide groups is 1. The van der Waals surface area contributed by atoms with E-state index in [9.17, 15) is 9.59 Å². The van der Waals surface area contributed by atoms with Crippen molar-refractivity contribution in [3.8, 4) is 5.75 Å². The third-order valence-electron chi connectivity index (χ3n) is 7.60. The second kappa shape index (κ2) is 10.7. The molecule has 3 heterocycles. The maximum absolute atomic E-state index is 13.7. The van der Waals surface area contributed by atoms with Crippen LogP contribution in [-0.4, -0.2) is 33.5 Å². The Hall–Kier alpha value is -4.63. The van der Waals surface area contributed by atoms with Gasteiger partial charge in [0.1, 0.15) is 18.1 Å². The second-order valence-electron chi connectivity index (χ2n) is 10.2. The lowest BCUT2D eigenvalue weighted by Crippen LogP contribution is -2.35. The minimum Gasteiger partial charge on any atom is -0.489 e. The predicted octanol–water partition coefficient (Wildman–Crippen LogP) is 5.46. The van der Waals surface area contributed by atoms with Crippen LogP contribution in [0, 0.1) is 12.3 Å². The van der Waals surface area contributed by atoms with Gasteiger partial charge in [-0.2, -0.15) is 0 Å². The zero-order valence-electron chi connectivity index (χ0n) is 22.5. The van der Waals surface area contributed by atoms with Gasteiger partial charge in [-0.05, 0) is 60.7 Å². The summed E-state index contributed by atoms with van der Waals surface area (Å²) in [7, 11) is 0. The van der Waals surface area contributed by atoms with Gasteiger partial charge in [-0.1, -0.05) is 60.3 Å². The molecule has 2 aliphatic heterocycles. The maximum Gasteiger partial charge on any atom is 0.275 e. The molecule has 6 rings (SSSR count). The topological polar surface area (TPSA) is 123 Å². The Morgan fingerprint density at radius 3 is 2.66 bits per heavy atom. The van der Waals surface area contributed by atoms with Gasteiger partial charge < -0.3 is 15.0 Å². The van der Waals surface area contributed by atoms with Crippen molar-refractivity contribution in [2.75, 3.05) is 5.75 Å². The first-order valence-electron chi connectivity index (χ1n) is 13.4. The molecule has 2 aliphatic rings. The van der Waals surface area contributed by atoms with Crippen LogP contribution in [0.3, 0.4) is 0 Å². The number of nitrogens with one attached hydrogen (secondary N) is 2. The summed E-state index contributed by atoms with van der Waals surface area (Å²) in [6.45, 7) is 2.38. The van der Waals surface area contributed by atoms with E-state index in [4.69, 9.17) is 20.9 Å². The normalized spacial score (nSPS) is 17.8. The first kappa shape index (κ1) is 26.6. The predicted molar refractivity (Wildman–Crippen MR) is 164 cm³/mol. The number of nitrogens with zero attached hydrogens (tertiary/aromatic N) is 2. The molecule has 1 atom stereocenters. The summed E-state index contributed by atoms with van der Waals surface area (Å²) in [4.78, 5) is 31.9. The fourth-order valence-electron chi connectivity index (χ4n) is 5.75. The van der Waals surface area contributed by atoms with Crippen LogP contribution in [0.4, 0.5) is 5.69 Å². The van der Waals surface area contributed by atoms with Crippen molar-refractivity contribution in [1.82, 2.24) is 9.88 Å². The van der Waals surface area contributed by atoms with E-state index in [0.29, 0.717) is 42.2 Å². The third kappa shape index (κ3) is 4.82. The fraction of sp³-hybridized carbons (Fsp3) is 0.188. The zero-order valence-corrected chi connectivity index (χ0v) is 23.3. The highest BCUT2D eigenvalue weighted by atomic mass is 32.2. The Balaban J connectivity index is 1.49. The summed E-state index contributed by atoms with van der Waals surface area (Å²) in [6, 6.07) is 23.4.